The summed E-state index contributed by atoms with van der Waals surface area (Å²) in [5.74, 6) is 0.808. The molecule has 0 aliphatic carbocycles. The van der Waals surface area contributed by atoms with Gasteiger partial charge in [-0.15, -0.1) is 0 Å². The van der Waals surface area contributed by atoms with Crippen molar-refractivity contribution >= 4 is 22.5 Å². The molecular formula is C16H18Sn. The van der Waals surface area contributed by atoms with Gasteiger partial charge < -0.3 is 0 Å². The number of benzene rings is 2. The Morgan fingerprint density at radius 3 is 1.47 bits per heavy atom. The Balaban J connectivity index is 1.98. The first-order valence-corrected chi connectivity index (χ1v) is 8.49. The number of hydrogen-bond acceptors (Lipinski definition) is 0. The molecule has 0 amide bonds. The topological polar surface area (TPSA) is 0 Å². The fourth-order valence-electron chi connectivity index (χ4n) is 2.13. The quantitative estimate of drug-likeness (QED) is 0.738. The van der Waals surface area contributed by atoms with Crippen molar-refractivity contribution in [2.24, 2.45) is 5.92 Å². The molecule has 1 heteroatoms. The van der Waals surface area contributed by atoms with Crippen LogP contribution in [0.2, 0.25) is 4.44 Å². The molecular weight excluding hydrogens is 311 g/mol. The van der Waals surface area contributed by atoms with Crippen LogP contribution in [0.3, 0.4) is 0 Å². The molecule has 0 aliphatic rings. The SMILES string of the molecule is [SnH][CH2]C(Cc1ccccc1)Cc1ccccc1. The Hall–Kier alpha value is -0.761. The second-order valence-electron chi connectivity index (χ2n) is 4.48. The molecule has 2 radical (unpaired) electrons. The van der Waals surface area contributed by atoms with Crippen LogP contribution in [-0.2, 0) is 12.8 Å². The molecule has 0 spiro atoms. The zero-order valence-electron chi connectivity index (χ0n) is 10.0. The Morgan fingerprint density at radius 1 is 0.706 bits per heavy atom. The van der Waals surface area contributed by atoms with Crippen LogP contribution < -0.4 is 0 Å². The van der Waals surface area contributed by atoms with Gasteiger partial charge in [0.15, 0.2) is 0 Å². The van der Waals surface area contributed by atoms with Crippen LogP contribution in [0, 0.1) is 5.92 Å². The van der Waals surface area contributed by atoms with E-state index in [-0.39, 0.29) is 0 Å². The molecule has 0 aromatic heterocycles. The number of hydrogen-bond donors (Lipinski definition) is 0. The van der Waals surface area contributed by atoms with Crippen molar-refractivity contribution in [3.8, 4) is 0 Å². The monoisotopic (exact) mass is 330 g/mol. The fourth-order valence-corrected chi connectivity index (χ4v) is 3.09. The average molecular weight is 329 g/mol. The van der Waals surface area contributed by atoms with Crippen LogP contribution in [0.15, 0.2) is 60.7 Å². The first kappa shape index (κ1) is 12.7. The first-order valence-electron chi connectivity index (χ1n) is 6.16. The van der Waals surface area contributed by atoms with E-state index in [4.69, 9.17) is 0 Å². The van der Waals surface area contributed by atoms with Gasteiger partial charge in [0.05, 0.1) is 0 Å². The summed E-state index contributed by atoms with van der Waals surface area (Å²) >= 11 is 1.36. The van der Waals surface area contributed by atoms with Crippen molar-refractivity contribution in [2.45, 2.75) is 17.3 Å². The Kier molecular flexibility index (Phi) is 5.11. The summed E-state index contributed by atoms with van der Waals surface area (Å²) in [6.07, 6.45) is 2.44. The maximum absolute atomic E-state index is 2.24. The van der Waals surface area contributed by atoms with E-state index >= 15 is 0 Å². The van der Waals surface area contributed by atoms with E-state index in [0.717, 1.165) is 5.92 Å². The van der Waals surface area contributed by atoms with Gasteiger partial charge in [-0.25, -0.2) is 0 Å². The van der Waals surface area contributed by atoms with Crippen molar-refractivity contribution in [3.05, 3.63) is 71.8 Å². The summed E-state index contributed by atoms with van der Waals surface area (Å²) in [5, 5.41) is 0. The second kappa shape index (κ2) is 6.85. The molecule has 0 fully saturated rings. The van der Waals surface area contributed by atoms with Crippen molar-refractivity contribution in [1.29, 1.82) is 0 Å². The van der Waals surface area contributed by atoms with E-state index in [2.05, 4.69) is 60.7 Å². The van der Waals surface area contributed by atoms with Gasteiger partial charge in [0, 0.05) is 0 Å². The minimum atomic E-state index is 0.808. The molecule has 0 aliphatic heterocycles. The van der Waals surface area contributed by atoms with E-state index in [0.29, 0.717) is 0 Å². The van der Waals surface area contributed by atoms with Crippen LogP contribution in [0.25, 0.3) is 0 Å². The molecule has 0 unspecified atom stereocenters. The van der Waals surface area contributed by atoms with Gasteiger partial charge in [-0.3, -0.25) is 0 Å². The third-order valence-electron chi connectivity index (χ3n) is 3.07. The van der Waals surface area contributed by atoms with Crippen LogP contribution in [0.5, 0.6) is 0 Å². The third kappa shape index (κ3) is 4.19. The van der Waals surface area contributed by atoms with Gasteiger partial charge in [0.1, 0.15) is 0 Å². The molecule has 0 bridgehead atoms. The van der Waals surface area contributed by atoms with E-state index < -0.39 is 0 Å². The fraction of sp³-hybridized carbons (Fsp3) is 0.250. The molecule has 86 valence electrons. The van der Waals surface area contributed by atoms with Gasteiger partial charge >= 0.3 is 118 Å². The molecule has 2 rings (SSSR count). The maximum atomic E-state index is 2.24. The summed E-state index contributed by atoms with van der Waals surface area (Å²) in [4.78, 5) is 0. The van der Waals surface area contributed by atoms with E-state index in [1.165, 1.54) is 50.9 Å². The normalized spacial score (nSPS) is 10.7. The second-order valence-corrected chi connectivity index (χ2v) is 5.83. The van der Waals surface area contributed by atoms with Gasteiger partial charge in [-0.05, 0) is 0 Å². The standard InChI is InChI=1S/C16H17.Sn.H/c1-14(12-15-8-4-2-5-9-15)13-16-10-6-3-7-11-16;;/h2-11,14H,1,12-13H2;;. The molecule has 0 saturated heterocycles. The van der Waals surface area contributed by atoms with Gasteiger partial charge in [-0.1, -0.05) is 0 Å². The summed E-state index contributed by atoms with van der Waals surface area (Å²) in [6, 6.07) is 21.7. The van der Waals surface area contributed by atoms with Crippen LogP contribution in [0.4, 0.5) is 0 Å². The molecule has 0 saturated carbocycles. The zero-order valence-corrected chi connectivity index (χ0v) is 13.3. The molecule has 2 aromatic carbocycles. The average Bonchev–Trinajstić information content (AvgIpc) is 2.40. The van der Waals surface area contributed by atoms with Crippen LogP contribution in [0.1, 0.15) is 11.1 Å². The van der Waals surface area contributed by atoms with Crippen molar-refractivity contribution in [2.75, 3.05) is 0 Å². The molecule has 0 N–H and O–H groups in total. The molecule has 2 aromatic rings. The molecule has 0 atom stereocenters. The van der Waals surface area contributed by atoms with Crippen molar-refractivity contribution in [1.82, 2.24) is 0 Å². The van der Waals surface area contributed by atoms with Crippen LogP contribution in [-0.4, -0.2) is 22.5 Å². The zero-order chi connectivity index (χ0) is 11.9. The first-order chi connectivity index (χ1) is 8.38. The van der Waals surface area contributed by atoms with Gasteiger partial charge in [0.25, 0.3) is 0 Å². The number of rotatable bonds is 5. The predicted octanol–water partition coefficient (Wildman–Crippen LogP) is 3.41. The molecule has 17 heavy (non-hydrogen) atoms. The van der Waals surface area contributed by atoms with Gasteiger partial charge in [-0.2, -0.15) is 0 Å². The third-order valence-corrected chi connectivity index (χ3v) is 4.97. The summed E-state index contributed by atoms with van der Waals surface area (Å²) in [5.41, 5.74) is 2.95. The summed E-state index contributed by atoms with van der Waals surface area (Å²) < 4.78 is 1.37. The van der Waals surface area contributed by atoms with Crippen molar-refractivity contribution < 1.29 is 0 Å². The molecule has 0 heterocycles. The predicted molar refractivity (Wildman–Crippen MR) is 75.7 cm³/mol. The van der Waals surface area contributed by atoms with E-state index in [9.17, 15) is 0 Å². The van der Waals surface area contributed by atoms with Gasteiger partial charge in [0.2, 0.25) is 0 Å². The van der Waals surface area contributed by atoms with Crippen LogP contribution >= 0.6 is 0 Å². The van der Waals surface area contributed by atoms with Crippen molar-refractivity contribution in [3.63, 3.8) is 0 Å². The summed E-state index contributed by atoms with van der Waals surface area (Å²) in [7, 11) is 0. The Labute approximate surface area is 117 Å². The Morgan fingerprint density at radius 2 is 1.12 bits per heavy atom. The minimum absolute atomic E-state index is 0.808. The van der Waals surface area contributed by atoms with E-state index in [1.807, 2.05) is 0 Å². The molecule has 0 nitrogen and oxygen atoms in total. The summed E-state index contributed by atoms with van der Waals surface area (Å²) in [6.45, 7) is 0. The van der Waals surface area contributed by atoms with E-state index in [1.54, 1.807) is 0 Å². The Bertz CT molecular complexity index is 380.